The van der Waals surface area contributed by atoms with E-state index >= 15 is 0 Å². The first-order valence-corrected chi connectivity index (χ1v) is 4.64. The van der Waals surface area contributed by atoms with Gasteiger partial charge in [0.25, 0.3) is 0 Å². The molecule has 2 rings (SSSR count). The molecule has 0 aliphatic rings. The van der Waals surface area contributed by atoms with Crippen LogP contribution < -0.4 is 5.73 Å². The molecule has 6 heteroatoms. The van der Waals surface area contributed by atoms with Gasteiger partial charge in [-0.25, -0.2) is 4.39 Å². The molecule has 0 bridgehead atoms. The fourth-order valence-electron chi connectivity index (χ4n) is 1.39. The maximum absolute atomic E-state index is 13.3. The average molecular weight is 223 g/mol. The molecule has 0 unspecified atom stereocenters. The summed E-state index contributed by atoms with van der Waals surface area (Å²) in [6, 6.07) is 2.42. The molecule has 0 fully saturated rings. The molecule has 0 saturated carbocycles. The zero-order chi connectivity index (χ0) is 11.7. The number of hydrogen-bond donors (Lipinski definition) is 2. The van der Waals surface area contributed by atoms with Gasteiger partial charge in [0.2, 0.25) is 11.7 Å². The molecular formula is C10H10FN3O2. The van der Waals surface area contributed by atoms with E-state index in [9.17, 15) is 9.50 Å². The van der Waals surface area contributed by atoms with Crippen molar-refractivity contribution < 1.29 is 14.0 Å². The predicted octanol–water partition coefficient (Wildman–Crippen LogP) is 1.35. The smallest absolute Gasteiger partial charge is 0.240 e. The lowest BCUT2D eigenvalue weighted by atomic mass is 10.1. The van der Waals surface area contributed by atoms with Crippen molar-refractivity contribution in [1.29, 1.82) is 0 Å². The number of aromatic hydroxyl groups is 1. The Morgan fingerprint density at radius 2 is 2.25 bits per heavy atom. The van der Waals surface area contributed by atoms with Gasteiger partial charge in [0.15, 0.2) is 0 Å². The van der Waals surface area contributed by atoms with Crippen LogP contribution in [0.4, 0.5) is 4.39 Å². The van der Waals surface area contributed by atoms with Gasteiger partial charge in [0, 0.05) is 0 Å². The summed E-state index contributed by atoms with van der Waals surface area (Å²) >= 11 is 0. The molecule has 3 N–H and O–H groups in total. The van der Waals surface area contributed by atoms with Crippen molar-refractivity contribution >= 4 is 0 Å². The van der Waals surface area contributed by atoms with Crippen LogP contribution in [0.3, 0.4) is 0 Å². The second kappa shape index (κ2) is 3.90. The number of phenols is 1. The molecule has 0 radical (unpaired) electrons. The van der Waals surface area contributed by atoms with Crippen LogP contribution in [0.15, 0.2) is 16.7 Å². The quantitative estimate of drug-likeness (QED) is 0.802. The number of halogens is 1. The topological polar surface area (TPSA) is 85.2 Å². The van der Waals surface area contributed by atoms with Crippen LogP contribution in [0.1, 0.15) is 11.5 Å². The molecule has 0 spiro atoms. The summed E-state index contributed by atoms with van der Waals surface area (Å²) in [6.45, 7) is 1.63. The van der Waals surface area contributed by atoms with E-state index in [0.29, 0.717) is 0 Å². The van der Waals surface area contributed by atoms with Crippen LogP contribution in [-0.4, -0.2) is 15.2 Å². The zero-order valence-corrected chi connectivity index (χ0v) is 8.57. The van der Waals surface area contributed by atoms with Crippen LogP contribution in [0, 0.1) is 12.7 Å². The van der Waals surface area contributed by atoms with Gasteiger partial charge in [-0.15, -0.1) is 0 Å². The Hall–Kier alpha value is -1.95. The number of aromatic nitrogens is 2. The second-order valence-corrected chi connectivity index (χ2v) is 3.28. The normalized spacial score (nSPS) is 10.7. The highest BCUT2D eigenvalue weighted by Crippen LogP contribution is 2.31. The van der Waals surface area contributed by atoms with E-state index in [0.717, 1.165) is 0 Å². The zero-order valence-electron chi connectivity index (χ0n) is 8.57. The summed E-state index contributed by atoms with van der Waals surface area (Å²) in [7, 11) is 0. The van der Waals surface area contributed by atoms with Crippen LogP contribution in [-0.2, 0) is 6.54 Å². The predicted molar refractivity (Wildman–Crippen MR) is 54.0 cm³/mol. The van der Waals surface area contributed by atoms with E-state index in [1.54, 1.807) is 0 Å². The summed E-state index contributed by atoms with van der Waals surface area (Å²) in [4.78, 5) is 3.93. The summed E-state index contributed by atoms with van der Waals surface area (Å²) in [5.74, 6) is -0.164. The van der Waals surface area contributed by atoms with Crippen molar-refractivity contribution in [2.75, 3.05) is 0 Å². The third-order valence-corrected chi connectivity index (χ3v) is 2.24. The molecule has 5 nitrogen and oxygen atoms in total. The maximum Gasteiger partial charge on any atom is 0.240 e. The number of nitrogens with two attached hydrogens (primary N) is 1. The van der Waals surface area contributed by atoms with E-state index < -0.39 is 5.82 Å². The molecule has 0 aliphatic carbocycles. The maximum atomic E-state index is 13.3. The number of nitrogens with zero attached hydrogens (tertiary/aromatic N) is 2. The van der Waals surface area contributed by atoms with Crippen molar-refractivity contribution in [3.63, 3.8) is 0 Å². The fraction of sp³-hybridized carbons (Fsp3) is 0.200. The molecule has 2 aromatic rings. The van der Waals surface area contributed by atoms with E-state index in [1.807, 2.05) is 0 Å². The van der Waals surface area contributed by atoms with Crippen LogP contribution in [0.2, 0.25) is 0 Å². The van der Waals surface area contributed by atoms with E-state index in [4.69, 9.17) is 10.3 Å². The molecule has 1 heterocycles. The highest BCUT2D eigenvalue weighted by Gasteiger charge is 2.16. The van der Waals surface area contributed by atoms with Crippen LogP contribution >= 0.6 is 0 Å². The summed E-state index contributed by atoms with van der Waals surface area (Å²) in [5.41, 5.74) is 5.81. The van der Waals surface area contributed by atoms with Crippen molar-refractivity contribution in [2.24, 2.45) is 5.73 Å². The third kappa shape index (κ3) is 1.63. The van der Waals surface area contributed by atoms with Gasteiger partial charge in [0.05, 0.1) is 12.1 Å². The molecule has 16 heavy (non-hydrogen) atoms. The monoisotopic (exact) mass is 223 g/mol. The molecule has 1 aromatic heterocycles. The van der Waals surface area contributed by atoms with Gasteiger partial charge < -0.3 is 15.4 Å². The van der Waals surface area contributed by atoms with Gasteiger partial charge in [-0.2, -0.15) is 4.98 Å². The van der Waals surface area contributed by atoms with Crippen LogP contribution in [0.25, 0.3) is 11.4 Å². The largest absolute Gasteiger partial charge is 0.507 e. The summed E-state index contributed by atoms with van der Waals surface area (Å²) in [5, 5.41) is 13.3. The third-order valence-electron chi connectivity index (χ3n) is 2.24. The number of phenolic OH excluding ortho intramolecular Hbond substituents is 1. The average Bonchev–Trinajstić information content (AvgIpc) is 2.73. The Balaban J connectivity index is 2.58. The van der Waals surface area contributed by atoms with Gasteiger partial charge >= 0.3 is 0 Å². The standard InChI is InChI=1S/C10H10FN3O2/c1-5-6(11)2-3-7(15)9(5)10-13-8(4-12)16-14-10/h2-3,15H,4,12H2,1H3. The number of benzene rings is 1. The van der Waals surface area contributed by atoms with Crippen molar-refractivity contribution in [3.8, 4) is 17.1 Å². The first-order chi connectivity index (χ1) is 7.63. The lowest BCUT2D eigenvalue weighted by molar-refractivity contribution is 0.380. The van der Waals surface area contributed by atoms with E-state index in [2.05, 4.69) is 10.1 Å². The fourth-order valence-corrected chi connectivity index (χ4v) is 1.39. The SMILES string of the molecule is Cc1c(F)ccc(O)c1-c1noc(CN)n1. The molecule has 0 amide bonds. The minimum Gasteiger partial charge on any atom is -0.507 e. The Morgan fingerprint density at radius 1 is 1.50 bits per heavy atom. The lowest BCUT2D eigenvalue weighted by Gasteiger charge is -2.04. The molecule has 0 aliphatic heterocycles. The van der Waals surface area contributed by atoms with Gasteiger partial charge in [-0.05, 0) is 24.6 Å². The number of hydrogen-bond acceptors (Lipinski definition) is 5. The van der Waals surface area contributed by atoms with Crippen molar-refractivity contribution in [2.45, 2.75) is 13.5 Å². The molecule has 0 saturated heterocycles. The first kappa shape index (κ1) is 10.6. The second-order valence-electron chi connectivity index (χ2n) is 3.28. The summed E-state index contributed by atoms with van der Waals surface area (Å²) < 4.78 is 18.1. The minimum absolute atomic E-state index is 0.0942. The minimum atomic E-state index is -0.438. The highest BCUT2D eigenvalue weighted by molar-refractivity contribution is 5.67. The highest BCUT2D eigenvalue weighted by atomic mass is 19.1. The van der Waals surface area contributed by atoms with Crippen molar-refractivity contribution in [1.82, 2.24) is 10.1 Å². The van der Waals surface area contributed by atoms with Gasteiger partial charge in [-0.1, -0.05) is 5.16 Å². The first-order valence-electron chi connectivity index (χ1n) is 4.64. The Kier molecular flexibility index (Phi) is 2.57. The Labute approximate surface area is 90.7 Å². The van der Waals surface area contributed by atoms with Crippen molar-refractivity contribution in [3.05, 3.63) is 29.4 Å². The Bertz CT molecular complexity index is 525. The number of rotatable bonds is 2. The van der Waals surface area contributed by atoms with Crippen LogP contribution in [0.5, 0.6) is 5.75 Å². The molecule has 1 aromatic carbocycles. The lowest BCUT2D eigenvalue weighted by Crippen LogP contribution is -1.96. The van der Waals surface area contributed by atoms with Gasteiger partial charge in [0.1, 0.15) is 11.6 Å². The molecule has 0 atom stereocenters. The summed E-state index contributed by atoms with van der Waals surface area (Å²) in [6.07, 6.45) is 0. The van der Waals surface area contributed by atoms with E-state index in [-0.39, 0.29) is 35.1 Å². The Morgan fingerprint density at radius 3 is 2.88 bits per heavy atom. The van der Waals surface area contributed by atoms with Gasteiger partial charge in [-0.3, -0.25) is 0 Å². The van der Waals surface area contributed by atoms with E-state index in [1.165, 1.54) is 19.1 Å². The molecular weight excluding hydrogens is 213 g/mol. The molecule has 84 valence electrons.